The summed E-state index contributed by atoms with van der Waals surface area (Å²) < 4.78 is 29.0. The lowest BCUT2D eigenvalue weighted by Gasteiger charge is -2.15. The number of pyridine rings is 1. The molecule has 0 saturated heterocycles. The van der Waals surface area contributed by atoms with Gasteiger partial charge in [-0.1, -0.05) is 12.1 Å². The Balaban J connectivity index is 1.64. The number of carbonyl (C=O) groups is 2. The molecule has 35 heavy (non-hydrogen) atoms. The molecule has 1 aliphatic rings. The lowest BCUT2D eigenvalue weighted by Crippen LogP contribution is -2.32. The second kappa shape index (κ2) is 9.31. The molecule has 0 saturated carbocycles. The van der Waals surface area contributed by atoms with Gasteiger partial charge < -0.3 is 4.90 Å². The van der Waals surface area contributed by atoms with Crippen LogP contribution in [0.15, 0.2) is 41.6 Å². The Hall–Kier alpha value is -4.04. The maximum absolute atomic E-state index is 13.0. The monoisotopic (exact) mass is 492 g/mol. The van der Waals surface area contributed by atoms with Gasteiger partial charge in [0.05, 0.1) is 6.42 Å². The topological polar surface area (TPSA) is 138 Å². The van der Waals surface area contributed by atoms with Crippen LogP contribution in [0.25, 0.3) is 11.1 Å². The molecule has 1 aliphatic carbocycles. The third-order valence-corrected chi connectivity index (χ3v) is 7.18. The maximum Gasteiger partial charge on any atom is 0.283 e. The molecule has 0 atom stereocenters. The molecule has 180 valence electrons. The van der Waals surface area contributed by atoms with Crippen molar-refractivity contribution >= 4 is 21.8 Å². The van der Waals surface area contributed by atoms with E-state index in [1.807, 2.05) is 18.2 Å². The van der Waals surface area contributed by atoms with E-state index in [4.69, 9.17) is 0 Å². The number of benzene rings is 1. The number of nitrogens with one attached hydrogen (secondary N) is 1. The molecule has 3 aromatic rings. The summed E-state index contributed by atoms with van der Waals surface area (Å²) >= 11 is 0. The highest BCUT2D eigenvalue weighted by atomic mass is 32.2. The van der Waals surface area contributed by atoms with Crippen LogP contribution in [0, 0.1) is 11.3 Å². The van der Waals surface area contributed by atoms with Gasteiger partial charge in [-0.2, -0.15) is 18.8 Å². The zero-order chi connectivity index (χ0) is 25.3. The van der Waals surface area contributed by atoms with E-state index in [0.29, 0.717) is 0 Å². The lowest BCUT2D eigenvalue weighted by molar-refractivity contribution is -0.118. The molecule has 0 bridgehead atoms. The van der Waals surface area contributed by atoms with Crippen molar-refractivity contribution in [3.8, 4) is 17.2 Å². The van der Waals surface area contributed by atoms with Gasteiger partial charge in [0, 0.05) is 33.4 Å². The van der Waals surface area contributed by atoms with Gasteiger partial charge in [0.25, 0.3) is 15.9 Å². The van der Waals surface area contributed by atoms with Gasteiger partial charge in [0.2, 0.25) is 5.91 Å². The van der Waals surface area contributed by atoms with E-state index < -0.39 is 26.9 Å². The summed E-state index contributed by atoms with van der Waals surface area (Å²) in [5.74, 6) is -1.13. The van der Waals surface area contributed by atoms with Crippen molar-refractivity contribution in [3.05, 3.63) is 64.6 Å². The van der Waals surface area contributed by atoms with Gasteiger partial charge in [-0.3, -0.25) is 14.3 Å². The van der Waals surface area contributed by atoms with Gasteiger partial charge in [-0.25, -0.2) is 9.71 Å². The molecule has 2 amide bonds. The van der Waals surface area contributed by atoms with Gasteiger partial charge in [-0.05, 0) is 59.2 Å². The number of hydrogen-bond acceptors (Lipinski definition) is 7. The molecule has 2 aromatic heterocycles. The number of hydrogen-bond donors (Lipinski definition) is 1. The molecule has 10 nitrogen and oxygen atoms in total. The molecule has 4 rings (SSSR count). The summed E-state index contributed by atoms with van der Waals surface area (Å²) in [6.07, 6.45) is 3.98. The fourth-order valence-corrected chi connectivity index (χ4v) is 5.25. The summed E-state index contributed by atoms with van der Waals surface area (Å²) in [7, 11) is 0.252. The SMILES string of the molecule is CN(C)C(=O)c1cc(S(=O)(=O)NC(=O)Cc2c(-c3ccnc(C#N)c3)ccc3c2CCC3)nn1C. The van der Waals surface area contributed by atoms with E-state index in [-0.39, 0.29) is 17.8 Å². The Bertz CT molecular complexity index is 1480. The van der Waals surface area contributed by atoms with Crippen molar-refractivity contribution in [1.82, 2.24) is 24.4 Å². The van der Waals surface area contributed by atoms with Crippen LogP contribution >= 0.6 is 0 Å². The molecule has 2 heterocycles. The largest absolute Gasteiger partial charge is 0.343 e. The molecule has 0 radical (unpaired) electrons. The zero-order valence-corrected chi connectivity index (χ0v) is 20.4. The van der Waals surface area contributed by atoms with Crippen molar-refractivity contribution in [1.29, 1.82) is 5.26 Å². The van der Waals surface area contributed by atoms with Crippen molar-refractivity contribution in [2.24, 2.45) is 7.05 Å². The quantitative estimate of drug-likeness (QED) is 0.551. The van der Waals surface area contributed by atoms with E-state index >= 15 is 0 Å². The van der Waals surface area contributed by atoms with Gasteiger partial charge in [0.15, 0.2) is 5.03 Å². The van der Waals surface area contributed by atoms with E-state index in [1.165, 1.54) is 22.8 Å². The number of rotatable bonds is 6. The molecule has 1 aromatic carbocycles. The molecule has 0 fully saturated rings. The number of nitrogens with zero attached hydrogens (tertiary/aromatic N) is 5. The summed E-state index contributed by atoms with van der Waals surface area (Å²) in [5.41, 5.74) is 4.71. The van der Waals surface area contributed by atoms with E-state index in [2.05, 4.69) is 14.8 Å². The Kier molecular flexibility index (Phi) is 6.41. The predicted octanol–water partition coefficient (Wildman–Crippen LogP) is 1.59. The number of aromatic nitrogens is 3. The first-order valence-electron chi connectivity index (χ1n) is 10.9. The smallest absolute Gasteiger partial charge is 0.283 e. The highest BCUT2D eigenvalue weighted by Crippen LogP contribution is 2.34. The molecular weight excluding hydrogens is 468 g/mol. The molecule has 0 aliphatic heterocycles. The van der Waals surface area contributed by atoms with Gasteiger partial charge >= 0.3 is 0 Å². The third kappa shape index (κ3) is 4.79. The summed E-state index contributed by atoms with van der Waals surface area (Å²) in [6, 6.07) is 10.5. The second-order valence-electron chi connectivity index (χ2n) is 8.52. The first-order valence-corrected chi connectivity index (χ1v) is 12.4. The Morgan fingerprint density at radius 3 is 2.69 bits per heavy atom. The Labute approximate surface area is 203 Å². The predicted molar refractivity (Wildman–Crippen MR) is 127 cm³/mol. The van der Waals surface area contributed by atoms with Crippen LogP contribution in [0.5, 0.6) is 0 Å². The van der Waals surface area contributed by atoms with Crippen LogP contribution in [0.2, 0.25) is 0 Å². The Morgan fingerprint density at radius 1 is 1.20 bits per heavy atom. The average Bonchev–Trinajstić information content (AvgIpc) is 3.45. The van der Waals surface area contributed by atoms with E-state index in [9.17, 15) is 23.3 Å². The third-order valence-electron chi connectivity index (χ3n) is 5.93. The molecule has 1 N–H and O–H groups in total. The fourth-order valence-electron chi connectivity index (χ4n) is 4.27. The first kappa shape index (κ1) is 24.1. The highest BCUT2D eigenvalue weighted by molar-refractivity contribution is 7.90. The van der Waals surface area contributed by atoms with Gasteiger partial charge in [0.1, 0.15) is 17.5 Å². The fraction of sp³-hybridized carbons (Fsp3) is 0.292. The second-order valence-corrected chi connectivity index (χ2v) is 10.2. The summed E-state index contributed by atoms with van der Waals surface area (Å²) in [6.45, 7) is 0. The zero-order valence-electron chi connectivity index (χ0n) is 19.6. The van der Waals surface area contributed by atoms with Crippen molar-refractivity contribution in [3.63, 3.8) is 0 Å². The van der Waals surface area contributed by atoms with Crippen LogP contribution in [0.3, 0.4) is 0 Å². The minimum Gasteiger partial charge on any atom is -0.343 e. The number of amides is 2. The highest BCUT2D eigenvalue weighted by Gasteiger charge is 2.27. The van der Waals surface area contributed by atoms with Crippen LogP contribution in [0.4, 0.5) is 0 Å². The van der Waals surface area contributed by atoms with Crippen LogP contribution in [0.1, 0.15) is 39.3 Å². The van der Waals surface area contributed by atoms with Crippen LogP contribution in [-0.4, -0.2) is 54.0 Å². The minimum absolute atomic E-state index is 0.0805. The van der Waals surface area contributed by atoms with E-state index in [1.54, 1.807) is 26.2 Å². The number of aryl methyl sites for hydroxylation is 2. The first-order chi connectivity index (χ1) is 16.6. The summed E-state index contributed by atoms with van der Waals surface area (Å²) in [5, 5.41) is 12.7. The van der Waals surface area contributed by atoms with Crippen LogP contribution in [-0.2, 0) is 41.1 Å². The molecular formula is C24H24N6O4S. The molecule has 0 spiro atoms. The lowest BCUT2D eigenvalue weighted by atomic mass is 9.91. The van der Waals surface area contributed by atoms with Crippen molar-refractivity contribution < 1.29 is 18.0 Å². The average molecular weight is 493 g/mol. The van der Waals surface area contributed by atoms with Crippen molar-refractivity contribution in [2.75, 3.05) is 14.1 Å². The van der Waals surface area contributed by atoms with E-state index in [0.717, 1.165) is 53.1 Å². The van der Waals surface area contributed by atoms with Crippen LogP contribution < -0.4 is 4.72 Å². The maximum atomic E-state index is 13.0. The van der Waals surface area contributed by atoms with Crippen molar-refractivity contribution in [2.45, 2.75) is 30.7 Å². The number of fused-ring (bicyclic) bond motifs is 1. The summed E-state index contributed by atoms with van der Waals surface area (Å²) in [4.78, 5) is 30.5. The number of nitriles is 1. The van der Waals surface area contributed by atoms with Gasteiger partial charge in [-0.15, -0.1) is 0 Å². The number of sulfonamides is 1. The normalized spacial score (nSPS) is 12.6. The Morgan fingerprint density at radius 2 is 1.97 bits per heavy atom. The minimum atomic E-state index is -4.30. The molecule has 0 unspecified atom stereocenters. The standard InChI is InChI=1S/C24H24N6O4S/c1-29(2)24(32)21-13-23(27-30(21)3)35(33,34)28-22(31)12-20-18-6-4-5-15(18)7-8-19(20)16-9-10-26-17(11-16)14-25/h7-11,13H,4-6,12H2,1-3H3,(H,28,31). The number of carbonyl (C=O) groups excluding carboxylic acids is 2. The molecule has 11 heteroatoms.